The van der Waals surface area contributed by atoms with Gasteiger partial charge in [0.1, 0.15) is 11.5 Å². The first-order chi connectivity index (χ1) is 28.2. The molecule has 2 unspecified atom stereocenters. The number of benzene rings is 7. The van der Waals surface area contributed by atoms with E-state index in [2.05, 4.69) is 214 Å². The van der Waals surface area contributed by atoms with E-state index < -0.39 is 0 Å². The van der Waals surface area contributed by atoms with Crippen molar-refractivity contribution in [2.75, 3.05) is 4.90 Å². The van der Waals surface area contributed by atoms with Crippen LogP contribution in [0.25, 0.3) is 77.5 Å². The van der Waals surface area contributed by atoms with Crippen molar-refractivity contribution < 1.29 is 0 Å². The predicted molar refractivity (Wildman–Crippen MR) is 248 cm³/mol. The number of aromatic nitrogens is 2. The molecular weight excluding hydrogens is 808 g/mol. The van der Waals surface area contributed by atoms with E-state index in [0.717, 1.165) is 40.2 Å². The van der Waals surface area contributed by atoms with Crippen molar-refractivity contribution in [3.8, 4) is 22.3 Å². The molecule has 0 radical (unpaired) electrons. The molecule has 2 aliphatic carbocycles. The summed E-state index contributed by atoms with van der Waals surface area (Å²) in [6, 6.07) is 53.5. The summed E-state index contributed by atoms with van der Waals surface area (Å²) >= 11 is 2.60. The predicted octanol–water partition coefficient (Wildman–Crippen LogP) is 13.3. The van der Waals surface area contributed by atoms with Crippen molar-refractivity contribution >= 4 is 89.3 Å². The molecule has 4 nitrogen and oxygen atoms in total. The molecular formula is C52H35IN4. The summed E-state index contributed by atoms with van der Waals surface area (Å²) in [6.07, 6.45) is 14.4. The second-order valence-electron chi connectivity index (χ2n) is 15.3. The number of pyridine rings is 1. The van der Waals surface area contributed by atoms with Gasteiger partial charge < -0.3 is 4.90 Å². The molecule has 0 N–H and O–H groups in total. The van der Waals surface area contributed by atoms with Crippen molar-refractivity contribution in [1.29, 1.82) is 0 Å². The number of fused-ring (bicyclic) bond motifs is 11. The molecule has 3 heterocycles. The maximum atomic E-state index is 5.34. The standard InChI is InChI=1S/C52H35IN4/c53-42-23-13-22-37-36-29-28-33(31-47(36)57-46-27-11-9-25-44(46)55-52(57)50(37)42)49-40-20-6-4-18-38(40)48(39-19-5-7-21-41(39)49)32-14-12-15-34(30-32)51-54-43-24-8-10-26-45(43)56(51)35-16-2-1-3-17-35/h1-22,24-31,42-43,45H,23H2/t42-,43?,45?/m1/s1. The minimum atomic E-state index is 0.0721. The van der Waals surface area contributed by atoms with Gasteiger partial charge in [0, 0.05) is 26.1 Å². The highest BCUT2D eigenvalue weighted by molar-refractivity contribution is 14.1. The van der Waals surface area contributed by atoms with Gasteiger partial charge in [-0.25, -0.2) is 4.98 Å². The number of alkyl halides is 1. The van der Waals surface area contributed by atoms with Gasteiger partial charge in [-0.3, -0.25) is 9.39 Å². The zero-order chi connectivity index (χ0) is 37.6. The monoisotopic (exact) mass is 842 g/mol. The van der Waals surface area contributed by atoms with Crippen LogP contribution in [-0.4, -0.2) is 27.3 Å². The molecule has 0 fully saturated rings. The Labute approximate surface area is 344 Å². The lowest BCUT2D eigenvalue weighted by atomic mass is 9.85. The number of allylic oxidation sites excluding steroid dienone is 3. The first-order valence-electron chi connectivity index (χ1n) is 19.7. The highest BCUT2D eigenvalue weighted by atomic mass is 127. The lowest BCUT2D eigenvalue weighted by Crippen LogP contribution is -2.39. The lowest BCUT2D eigenvalue weighted by molar-refractivity contribution is 0.739. The van der Waals surface area contributed by atoms with E-state index in [1.165, 1.54) is 65.8 Å². The van der Waals surface area contributed by atoms with E-state index in [0.29, 0.717) is 3.92 Å². The summed E-state index contributed by atoms with van der Waals surface area (Å²) in [5, 5.41) is 6.19. The fourth-order valence-corrected chi connectivity index (χ4v) is 10.6. The smallest absolute Gasteiger partial charge is 0.143 e. The van der Waals surface area contributed by atoms with Gasteiger partial charge >= 0.3 is 0 Å². The van der Waals surface area contributed by atoms with Crippen LogP contribution < -0.4 is 4.90 Å². The average Bonchev–Trinajstić information content (AvgIpc) is 3.85. The SMILES string of the molecule is I[C@@H]1CC=Cc2c1c1nc3ccccc3n1c1cc(-c3c4ccccc4c(-c4cccc(C5=NC6C=CC=CC6N5c5ccccc5)c4)c4ccccc34)ccc21. The molecule has 12 rings (SSSR count). The Kier molecular flexibility index (Phi) is 7.42. The summed E-state index contributed by atoms with van der Waals surface area (Å²) in [5.74, 6) is 1.000. The van der Waals surface area contributed by atoms with Crippen molar-refractivity contribution in [1.82, 2.24) is 9.38 Å². The van der Waals surface area contributed by atoms with Gasteiger partial charge in [0.15, 0.2) is 0 Å². The fourth-order valence-electron chi connectivity index (χ4n) is 9.67. The van der Waals surface area contributed by atoms with Crippen LogP contribution in [0, 0.1) is 0 Å². The van der Waals surface area contributed by atoms with Gasteiger partial charge in [0.25, 0.3) is 0 Å². The van der Waals surface area contributed by atoms with Crippen LogP contribution in [0.5, 0.6) is 0 Å². The van der Waals surface area contributed by atoms with Crippen LogP contribution in [0.1, 0.15) is 27.0 Å². The molecule has 5 heteroatoms. The number of hydrogen-bond donors (Lipinski definition) is 0. The number of anilines is 1. The van der Waals surface area contributed by atoms with Crippen molar-refractivity contribution in [3.05, 3.63) is 193 Å². The summed E-state index contributed by atoms with van der Waals surface area (Å²) < 4.78 is 2.78. The molecule has 3 aliphatic rings. The molecule has 0 saturated carbocycles. The first kappa shape index (κ1) is 32.9. The average molecular weight is 843 g/mol. The quantitative estimate of drug-likeness (QED) is 0.100. The van der Waals surface area contributed by atoms with Crippen molar-refractivity contribution in [2.24, 2.45) is 4.99 Å². The van der Waals surface area contributed by atoms with Crippen LogP contribution in [0.15, 0.2) is 181 Å². The third-order valence-electron chi connectivity index (χ3n) is 12.1. The zero-order valence-electron chi connectivity index (χ0n) is 30.9. The molecule has 0 bridgehead atoms. The highest BCUT2D eigenvalue weighted by Gasteiger charge is 2.36. The molecule has 57 heavy (non-hydrogen) atoms. The number of nitrogens with zero attached hydrogens (tertiary/aromatic N) is 4. The number of rotatable bonds is 4. The third-order valence-corrected chi connectivity index (χ3v) is 13.2. The van der Waals surface area contributed by atoms with E-state index >= 15 is 0 Å². The Hall–Kier alpha value is -6.31. The number of para-hydroxylation sites is 3. The van der Waals surface area contributed by atoms with Crippen LogP contribution in [0.4, 0.5) is 5.69 Å². The third kappa shape index (κ3) is 4.98. The number of imidazole rings is 1. The van der Waals surface area contributed by atoms with E-state index in [4.69, 9.17) is 9.98 Å². The van der Waals surface area contributed by atoms with Gasteiger partial charge in [-0.05, 0) is 92.2 Å². The molecule has 7 aromatic carbocycles. The Bertz CT molecular complexity index is 3200. The Morgan fingerprint density at radius 2 is 1.25 bits per heavy atom. The molecule has 3 atom stereocenters. The maximum absolute atomic E-state index is 5.34. The second kappa shape index (κ2) is 12.9. The fraction of sp³-hybridized carbons (Fsp3) is 0.0769. The number of hydrogen-bond acceptors (Lipinski definition) is 3. The molecule has 9 aromatic rings. The Morgan fingerprint density at radius 1 is 0.579 bits per heavy atom. The Morgan fingerprint density at radius 3 is 2.02 bits per heavy atom. The van der Waals surface area contributed by atoms with E-state index in [1.807, 2.05) is 0 Å². The van der Waals surface area contributed by atoms with Crippen LogP contribution in [-0.2, 0) is 0 Å². The Balaban J connectivity index is 1.09. The minimum Gasteiger partial charge on any atom is -0.317 e. The molecule has 0 saturated heterocycles. The maximum Gasteiger partial charge on any atom is 0.143 e. The van der Waals surface area contributed by atoms with E-state index in [-0.39, 0.29) is 12.1 Å². The van der Waals surface area contributed by atoms with Crippen molar-refractivity contribution in [3.63, 3.8) is 0 Å². The van der Waals surface area contributed by atoms with Gasteiger partial charge in [-0.2, -0.15) is 0 Å². The summed E-state index contributed by atoms with van der Waals surface area (Å²) in [6.45, 7) is 0. The largest absolute Gasteiger partial charge is 0.317 e. The molecule has 0 amide bonds. The second-order valence-corrected chi connectivity index (χ2v) is 16.8. The number of halogens is 1. The molecule has 0 spiro atoms. The van der Waals surface area contributed by atoms with Gasteiger partial charge in [0.05, 0.1) is 28.6 Å². The van der Waals surface area contributed by atoms with Gasteiger partial charge in [0.2, 0.25) is 0 Å². The van der Waals surface area contributed by atoms with Crippen LogP contribution in [0.2, 0.25) is 0 Å². The van der Waals surface area contributed by atoms with Gasteiger partial charge in [-0.1, -0.05) is 168 Å². The summed E-state index contributed by atoms with van der Waals surface area (Å²) in [5.41, 5.74) is 14.2. The number of amidine groups is 1. The molecule has 1 aliphatic heterocycles. The highest BCUT2D eigenvalue weighted by Crippen LogP contribution is 2.47. The molecule has 270 valence electrons. The normalized spacial score (nSPS) is 18.6. The first-order valence-corrected chi connectivity index (χ1v) is 20.9. The number of aliphatic imine (C=N–C) groups is 1. The van der Waals surface area contributed by atoms with Crippen LogP contribution >= 0.6 is 22.6 Å². The summed E-state index contributed by atoms with van der Waals surface area (Å²) in [7, 11) is 0. The molecule has 2 aromatic heterocycles. The summed E-state index contributed by atoms with van der Waals surface area (Å²) in [4.78, 5) is 13.0. The minimum absolute atomic E-state index is 0.0721. The van der Waals surface area contributed by atoms with Gasteiger partial charge in [-0.15, -0.1) is 0 Å². The van der Waals surface area contributed by atoms with E-state index in [1.54, 1.807) is 0 Å². The van der Waals surface area contributed by atoms with Crippen LogP contribution in [0.3, 0.4) is 0 Å². The van der Waals surface area contributed by atoms with E-state index in [9.17, 15) is 0 Å². The lowest BCUT2D eigenvalue weighted by Gasteiger charge is -2.29. The zero-order valence-corrected chi connectivity index (χ0v) is 33.1. The topological polar surface area (TPSA) is 32.9 Å². The van der Waals surface area contributed by atoms with Crippen molar-refractivity contribution in [2.45, 2.75) is 22.4 Å².